The Morgan fingerprint density at radius 2 is 2.10 bits per heavy atom. The number of thiophene rings is 1. The number of rotatable bonds is 3. The topological polar surface area (TPSA) is 71.1 Å². The molecule has 0 atom stereocenters. The molecule has 0 fully saturated rings. The predicted octanol–water partition coefficient (Wildman–Crippen LogP) is 2.81. The first kappa shape index (κ1) is 14.0. The summed E-state index contributed by atoms with van der Waals surface area (Å²) in [6, 6.07) is 8.40. The first-order valence-electron chi connectivity index (χ1n) is 5.91. The fraction of sp³-hybridized carbons (Fsp3) is 0.0714. The molecule has 0 aliphatic carbocycles. The molecule has 0 aliphatic rings. The monoisotopic (exact) mass is 287 g/mol. The molecule has 2 rings (SSSR count). The van der Waals surface area contributed by atoms with Gasteiger partial charge in [-0.15, -0.1) is 11.3 Å². The van der Waals surface area contributed by atoms with Crippen LogP contribution < -0.4 is 10.6 Å². The summed E-state index contributed by atoms with van der Waals surface area (Å²) >= 11 is 1.51. The number of aromatic nitrogens is 1. The summed E-state index contributed by atoms with van der Waals surface area (Å²) in [5.74, 6) is -0.0823. The van der Waals surface area contributed by atoms with E-state index >= 15 is 0 Å². The van der Waals surface area contributed by atoms with E-state index in [1.54, 1.807) is 18.2 Å². The van der Waals surface area contributed by atoms with Crippen LogP contribution in [0.25, 0.3) is 6.08 Å². The van der Waals surface area contributed by atoms with Crippen LogP contribution >= 0.6 is 11.3 Å². The molecule has 3 amide bonds. The lowest BCUT2D eigenvalue weighted by molar-refractivity contribution is -0.115. The van der Waals surface area contributed by atoms with Gasteiger partial charge in [0.05, 0.1) is 0 Å². The molecule has 2 heterocycles. The van der Waals surface area contributed by atoms with Crippen LogP contribution in [-0.4, -0.2) is 16.9 Å². The minimum absolute atomic E-state index is 0.400. The standard InChI is InChI=1S/C14H13N3O2S/c1-10-4-2-6-12(15-10)16-14(19)17-13(18)8-7-11-5-3-9-20-11/h2-9H,1H3,(H2,15,16,17,18,19)/b8-7+. The van der Waals surface area contributed by atoms with Gasteiger partial charge >= 0.3 is 6.03 Å². The molecule has 2 aromatic heterocycles. The van der Waals surface area contributed by atoms with Crippen LogP contribution in [0, 0.1) is 6.92 Å². The maximum absolute atomic E-state index is 11.6. The Morgan fingerprint density at radius 1 is 1.25 bits per heavy atom. The summed E-state index contributed by atoms with van der Waals surface area (Å²) in [5, 5.41) is 6.60. The van der Waals surface area contributed by atoms with Crippen molar-refractivity contribution < 1.29 is 9.59 Å². The first-order valence-corrected chi connectivity index (χ1v) is 6.78. The van der Waals surface area contributed by atoms with Crippen molar-refractivity contribution in [3.05, 3.63) is 52.4 Å². The van der Waals surface area contributed by atoms with Crippen LogP contribution in [0.15, 0.2) is 41.8 Å². The van der Waals surface area contributed by atoms with Gasteiger partial charge in [-0.2, -0.15) is 0 Å². The molecule has 6 heteroatoms. The lowest BCUT2D eigenvalue weighted by Gasteiger charge is -2.04. The van der Waals surface area contributed by atoms with Gasteiger partial charge in [0.1, 0.15) is 5.82 Å². The summed E-state index contributed by atoms with van der Waals surface area (Å²) in [4.78, 5) is 28.2. The summed E-state index contributed by atoms with van der Waals surface area (Å²) in [5.41, 5.74) is 0.784. The molecule has 102 valence electrons. The number of nitrogens with zero attached hydrogens (tertiary/aromatic N) is 1. The van der Waals surface area contributed by atoms with Crippen molar-refractivity contribution in [2.45, 2.75) is 6.92 Å². The zero-order valence-electron chi connectivity index (χ0n) is 10.8. The molecule has 20 heavy (non-hydrogen) atoms. The SMILES string of the molecule is Cc1cccc(NC(=O)NC(=O)/C=C/c2cccs2)n1. The van der Waals surface area contributed by atoms with Crippen LogP contribution in [0.5, 0.6) is 0 Å². The number of hydrogen-bond acceptors (Lipinski definition) is 4. The lowest BCUT2D eigenvalue weighted by Crippen LogP contribution is -2.33. The fourth-order valence-corrected chi connectivity index (χ4v) is 2.08. The zero-order valence-corrected chi connectivity index (χ0v) is 11.6. The Labute approximate surface area is 120 Å². The molecule has 0 spiro atoms. The average molecular weight is 287 g/mol. The van der Waals surface area contributed by atoms with E-state index in [9.17, 15) is 9.59 Å². The summed E-state index contributed by atoms with van der Waals surface area (Å²) in [7, 11) is 0. The number of carbonyl (C=O) groups excluding carboxylic acids is 2. The molecule has 0 radical (unpaired) electrons. The number of carbonyl (C=O) groups is 2. The van der Waals surface area contributed by atoms with Crippen molar-refractivity contribution in [3.63, 3.8) is 0 Å². The van der Waals surface area contributed by atoms with E-state index in [-0.39, 0.29) is 0 Å². The van der Waals surface area contributed by atoms with Crippen LogP contribution in [0.1, 0.15) is 10.6 Å². The molecule has 0 aliphatic heterocycles. The number of hydrogen-bond donors (Lipinski definition) is 2. The molecular formula is C14H13N3O2S. The van der Waals surface area contributed by atoms with Crippen molar-refractivity contribution in [1.29, 1.82) is 0 Å². The number of nitrogens with one attached hydrogen (secondary N) is 2. The highest BCUT2D eigenvalue weighted by molar-refractivity contribution is 7.10. The number of imide groups is 1. The van der Waals surface area contributed by atoms with Crippen molar-refractivity contribution in [2.24, 2.45) is 0 Å². The molecular weight excluding hydrogens is 274 g/mol. The van der Waals surface area contributed by atoms with Gasteiger partial charge < -0.3 is 0 Å². The second kappa shape index (κ2) is 6.63. The molecule has 2 aromatic rings. The van der Waals surface area contributed by atoms with Gasteiger partial charge in [-0.25, -0.2) is 9.78 Å². The molecule has 0 aromatic carbocycles. The second-order valence-corrected chi connectivity index (χ2v) is 4.94. The van der Waals surface area contributed by atoms with Crippen molar-refractivity contribution in [2.75, 3.05) is 5.32 Å². The predicted molar refractivity (Wildman–Crippen MR) is 79.5 cm³/mol. The Balaban J connectivity index is 1.86. The third-order valence-corrected chi connectivity index (χ3v) is 3.15. The Hall–Kier alpha value is -2.47. The number of urea groups is 1. The summed E-state index contributed by atoms with van der Waals surface area (Å²) in [6.45, 7) is 1.82. The normalized spacial score (nSPS) is 10.4. The van der Waals surface area contributed by atoms with Crippen LogP contribution in [0.4, 0.5) is 10.6 Å². The zero-order chi connectivity index (χ0) is 14.4. The maximum atomic E-state index is 11.6. The average Bonchev–Trinajstić information content (AvgIpc) is 2.89. The van der Waals surface area contributed by atoms with Crippen LogP contribution in [-0.2, 0) is 4.79 Å². The second-order valence-electron chi connectivity index (χ2n) is 3.96. The fourth-order valence-electron chi connectivity index (χ4n) is 1.46. The number of pyridine rings is 1. The largest absolute Gasteiger partial charge is 0.327 e. The van der Waals surface area contributed by atoms with Gasteiger partial charge in [0.2, 0.25) is 0 Å². The summed E-state index contributed by atoms with van der Waals surface area (Å²) in [6.07, 6.45) is 2.97. The van der Waals surface area contributed by atoms with Gasteiger partial charge in [-0.05, 0) is 36.6 Å². The van der Waals surface area contributed by atoms with Gasteiger partial charge in [-0.1, -0.05) is 12.1 Å². The van der Waals surface area contributed by atoms with E-state index in [1.165, 1.54) is 17.4 Å². The minimum Gasteiger partial charge on any atom is -0.292 e. The van der Waals surface area contributed by atoms with E-state index in [0.29, 0.717) is 5.82 Å². The Bertz CT molecular complexity index is 636. The Kier molecular flexibility index (Phi) is 4.62. The summed E-state index contributed by atoms with van der Waals surface area (Å²) < 4.78 is 0. The van der Waals surface area contributed by atoms with Crippen molar-refractivity contribution in [3.8, 4) is 0 Å². The third-order valence-electron chi connectivity index (χ3n) is 2.31. The van der Waals surface area contributed by atoms with Gasteiger partial charge in [0.15, 0.2) is 0 Å². The smallest absolute Gasteiger partial charge is 0.292 e. The first-order chi connectivity index (χ1) is 9.63. The van der Waals surface area contributed by atoms with E-state index in [0.717, 1.165) is 10.6 Å². The van der Waals surface area contributed by atoms with Gasteiger partial charge in [-0.3, -0.25) is 15.4 Å². The van der Waals surface area contributed by atoms with Crippen molar-refractivity contribution in [1.82, 2.24) is 10.3 Å². The van der Waals surface area contributed by atoms with Gasteiger partial charge in [0.25, 0.3) is 5.91 Å². The highest BCUT2D eigenvalue weighted by Crippen LogP contribution is 2.09. The van der Waals surface area contributed by atoms with Crippen molar-refractivity contribution >= 4 is 35.2 Å². The van der Waals surface area contributed by atoms with Crippen LogP contribution in [0.3, 0.4) is 0 Å². The van der Waals surface area contributed by atoms with Crippen LogP contribution in [0.2, 0.25) is 0 Å². The number of aryl methyl sites for hydroxylation is 1. The molecule has 5 nitrogen and oxygen atoms in total. The quantitative estimate of drug-likeness (QED) is 0.853. The third kappa shape index (κ3) is 4.33. The molecule has 2 N–H and O–H groups in total. The van der Waals surface area contributed by atoms with Gasteiger partial charge in [0, 0.05) is 16.6 Å². The van der Waals surface area contributed by atoms with E-state index in [4.69, 9.17) is 0 Å². The molecule has 0 saturated heterocycles. The minimum atomic E-state index is -0.607. The molecule has 0 unspecified atom stereocenters. The molecule has 0 saturated carbocycles. The Morgan fingerprint density at radius 3 is 2.80 bits per heavy atom. The number of amides is 3. The molecule has 0 bridgehead atoms. The lowest BCUT2D eigenvalue weighted by atomic mass is 10.4. The highest BCUT2D eigenvalue weighted by Gasteiger charge is 2.05. The van der Waals surface area contributed by atoms with E-state index < -0.39 is 11.9 Å². The number of anilines is 1. The highest BCUT2D eigenvalue weighted by atomic mass is 32.1. The maximum Gasteiger partial charge on any atom is 0.327 e. The van der Waals surface area contributed by atoms with E-state index in [2.05, 4.69) is 15.6 Å². The van der Waals surface area contributed by atoms with E-state index in [1.807, 2.05) is 30.5 Å².